The van der Waals surface area contributed by atoms with Crippen LogP contribution in [-0.2, 0) is 0 Å². The Morgan fingerprint density at radius 3 is 2.70 bits per heavy atom. The van der Waals surface area contributed by atoms with Gasteiger partial charge in [-0.05, 0) is 14.1 Å². The highest BCUT2D eigenvalue weighted by atomic mass is 15.1. The molecule has 0 unspecified atom stereocenters. The van der Waals surface area contributed by atoms with Crippen molar-refractivity contribution in [2.45, 2.75) is 6.04 Å². The molecule has 1 aliphatic rings. The van der Waals surface area contributed by atoms with Gasteiger partial charge in [0, 0.05) is 32.2 Å². The van der Waals surface area contributed by atoms with Crippen molar-refractivity contribution in [1.29, 1.82) is 0 Å². The van der Waals surface area contributed by atoms with Gasteiger partial charge in [-0.3, -0.25) is 0 Å². The van der Waals surface area contributed by atoms with Crippen LogP contribution in [0.3, 0.4) is 0 Å². The maximum absolute atomic E-state index is 3.45. The third-order valence-electron chi connectivity index (χ3n) is 1.71. The summed E-state index contributed by atoms with van der Waals surface area (Å²) in [4.78, 5) is 2.21. The molecule has 3 heteroatoms. The predicted molar refractivity (Wildman–Crippen MR) is 43.2 cm³/mol. The summed E-state index contributed by atoms with van der Waals surface area (Å²) in [5, 5.41) is 6.80. The second kappa shape index (κ2) is 3.91. The first-order chi connectivity index (χ1) is 4.79. The fourth-order valence-electron chi connectivity index (χ4n) is 1.28. The Hall–Kier alpha value is -0.120. The van der Waals surface area contributed by atoms with Gasteiger partial charge in [-0.2, -0.15) is 0 Å². The monoisotopic (exact) mass is 143 g/mol. The van der Waals surface area contributed by atoms with E-state index in [9.17, 15) is 0 Å². The molecule has 60 valence electrons. The van der Waals surface area contributed by atoms with E-state index in [0.29, 0.717) is 6.04 Å². The van der Waals surface area contributed by atoms with Gasteiger partial charge in [0.25, 0.3) is 0 Å². The highest BCUT2D eigenvalue weighted by Crippen LogP contribution is 1.88. The molecule has 1 heterocycles. The molecule has 0 aromatic heterocycles. The van der Waals surface area contributed by atoms with Crippen LogP contribution in [0.1, 0.15) is 0 Å². The second-order valence-electron chi connectivity index (χ2n) is 3.12. The molecule has 10 heavy (non-hydrogen) atoms. The zero-order valence-electron chi connectivity index (χ0n) is 6.85. The van der Waals surface area contributed by atoms with Gasteiger partial charge in [-0.25, -0.2) is 0 Å². The molecule has 1 aliphatic heterocycles. The Labute approximate surface area is 62.8 Å². The predicted octanol–water partition coefficient (Wildman–Crippen LogP) is -0.891. The van der Waals surface area contributed by atoms with Crippen molar-refractivity contribution >= 4 is 0 Å². The normalized spacial score (nSPS) is 27.3. The molecule has 1 saturated heterocycles. The highest BCUT2D eigenvalue weighted by molar-refractivity contribution is 4.76. The lowest BCUT2D eigenvalue weighted by atomic mass is 10.2. The topological polar surface area (TPSA) is 27.3 Å². The van der Waals surface area contributed by atoms with Crippen LogP contribution >= 0.6 is 0 Å². The van der Waals surface area contributed by atoms with E-state index >= 15 is 0 Å². The average molecular weight is 143 g/mol. The summed E-state index contributed by atoms with van der Waals surface area (Å²) in [7, 11) is 4.21. The second-order valence-corrected chi connectivity index (χ2v) is 3.12. The molecule has 0 aromatic rings. The summed E-state index contributed by atoms with van der Waals surface area (Å²) in [5.74, 6) is 0. The van der Waals surface area contributed by atoms with Crippen molar-refractivity contribution in [2.24, 2.45) is 0 Å². The molecule has 0 saturated carbocycles. The number of likely N-dealkylation sites (N-methyl/N-ethyl adjacent to an activating group) is 1. The number of rotatable bonds is 2. The van der Waals surface area contributed by atoms with Crippen molar-refractivity contribution in [3.05, 3.63) is 0 Å². The van der Waals surface area contributed by atoms with Crippen LogP contribution in [0.2, 0.25) is 0 Å². The zero-order chi connectivity index (χ0) is 7.40. The summed E-state index contributed by atoms with van der Waals surface area (Å²) in [6, 6.07) is 0.642. The van der Waals surface area contributed by atoms with Crippen LogP contribution in [0, 0.1) is 0 Å². The molecule has 2 N–H and O–H groups in total. The van der Waals surface area contributed by atoms with Crippen molar-refractivity contribution in [3.8, 4) is 0 Å². The average Bonchev–Trinajstić information content (AvgIpc) is 1.88. The molecule has 3 nitrogen and oxygen atoms in total. The van der Waals surface area contributed by atoms with E-state index in [1.54, 1.807) is 0 Å². The standard InChI is InChI=1S/C7H17N3/c1-10(2)6-7-5-8-3-4-9-7/h7-9H,3-6H2,1-2H3/t7-/m0/s1. The molecular formula is C7H17N3. The van der Waals surface area contributed by atoms with Crippen LogP contribution in [0.15, 0.2) is 0 Å². The lowest BCUT2D eigenvalue weighted by Crippen LogP contribution is -2.52. The van der Waals surface area contributed by atoms with Gasteiger partial charge in [-0.15, -0.1) is 0 Å². The van der Waals surface area contributed by atoms with E-state index in [0.717, 1.165) is 26.2 Å². The molecular weight excluding hydrogens is 126 g/mol. The molecule has 0 radical (unpaired) electrons. The first kappa shape index (κ1) is 7.98. The van der Waals surface area contributed by atoms with E-state index in [1.807, 2.05) is 0 Å². The molecule has 0 bridgehead atoms. The summed E-state index contributed by atoms with van der Waals surface area (Å²) < 4.78 is 0. The Bertz CT molecular complexity index is 86.9. The lowest BCUT2D eigenvalue weighted by molar-refractivity contribution is 0.309. The molecule has 1 rings (SSSR count). The van der Waals surface area contributed by atoms with E-state index < -0.39 is 0 Å². The molecule has 1 atom stereocenters. The SMILES string of the molecule is CN(C)C[C@@H]1CNCCN1. The van der Waals surface area contributed by atoms with Crippen LogP contribution in [-0.4, -0.2) is 51.2 Å². The van der Waals surface area contributed by atoms with Crippen molar-refractivity contribution in [2.75, 3.05) is 40.3 Å². The van der Waals surface area contributed by atoms with Crippen LogP contribution in [0.4, 0.5) is 0 Å². The lowest BCUT2D eigenvalue weighted by Gasteiger charge is -2.26. The fourth-order valence-corrected chi connectivity index (χ4v) is 1.28. The van der Waals surface area contributed by atoms with E-state index in [2.05, 4.69) is 29.6 Å². The smallest absolute Gasteiger partial charge is 0.0320 e. The van der Waals surface area contributed by atoms with E-state index in [4.69, 9.17) is 0 Å². The molecule has 0 aromatic carbocycles. The molecule has 0 amide bonds. The van der Waals surface area contributed by atoms with Gasteiger partial charge in [0.15, 0.2) is 0 Å². The fraction of sp³-hybridized carbons (Fsp3) is 1.00. The maximum atomic E-state index is 3.45. The third kappa shape index (κ3) is 2.64. The number of hydrogen-bond donors (Lipinski definition) is 2. The summed E-state index contributed by atoms with van der Waals surface area (Å²) >= 11 is 0. The van der Waals surface area contributed by atoms with Crippen LogP contribution < -0.4 is 10.6 Å². The minimum atomic E-state index is 0.642. The van der Waals surface area contributed by atoms with Gasteiger partial charge in [-0.1, -0.05) is 0 Å². The Morgan fingerprint density at radius 2 is 2.20 bits per heavy atom. The molecule has 0 aliphatic carbocycles. The van der Waals surface area contributed by atoms with Gasteiger partial charge in [0.1, 0.15) is 0 Å². The highest BCUT2D eigenvalue weighted by Gasteiger charge is 2.11. The molecule has 0 spiro atoms. The van der Waals surface area contributed by atoms with Gasteiger partial charge in [0.2, 0.25) is 0 Å². The molecule has 1 fully saturated rings. The van der Waals surface area contributed by atoms with Crippen LogP contribution in [0.25, 0.3) is 0 Å². The Kier molecular flexibility index (Phi) is 3.12. The van der Waals surface area contributed by atoms with Gasteiger partial charge >= 0.3 is 0 Å². The van der Waals surface area contributed by atoms with Crippen molar-refractivity contribution in [1.82, 2.24) is 15.5 Å². The summed E-state index contributed by atoms with van der Waals surface area (Å²) in [5.41, 5.74) is 0. The number of nitrogens with zero attached hydrogens (tertiary/aromatic N) is 1. The first-order valence-electron chi connectivity index (χ1n) is 3.88. The van der Waals surface area contributed by atoms with E-state index in [-0.39, 0.29) is 0 Å². The Morgan fingerprint density at radius 1 is 1.40 bits per heavy atom. The van der Waals surface area contributed by atoms with Crippen molar-refractivity contribution < 1.29 is 0 Å². The number of nitrogens with one attached hydrogen (secondary N) is 2. The minimum absolute atomic E-state index is 0.642. The first-order valence-corrected chi connectivity index (χ1v) is 3.88. The van der Waals surface area contributed by atoms with Crippen LogP contribution in [0.5, 0.6) is 0 Å². The number of piperazine rings is 1. The third-order valence-corrected chi connectivity index (χ3v) is 1.71. The van der Waals surface area contributed by atoms with E-state index in [1.165, 1.54) is 0 Å². The largest absolute Gasteiger partial charge is 0.314 e. The van der Waals surface area contributed by atoms with Gasteiger partial charge < -0.3 is 15.5 Å². The Balaban J connectivity index is 2.13. The van der Waals surface area contributed by atoms with Crippen molar-refractivity contribution in [3.63, 3.8) is 0 Å². The maximum Gasteiger partial charge on any atom is 0.0320 e. The quantitative estimate of drug-likeness (QED) is 0.525. The minimum Gasteiger partial charge on any atom is -0.314 e. The summed E-state index contributed by atoms with van der Waals surface area (Å²) in [6.45, 7) is 4.47. The van der Waals surface area contributed by atoms with Gasteiger partial charge in [0.05, 0.1) is 0 Å². The number of hydrogen-bond acceptors (Lipinski definition) is 3. The summed E-state index contributed by atoms with van der Waals surface area (Å²) in [6.07, 6.45) is 0. The zero-order valence-corrected chi connectivity index (χ0v) is 6.85.